The molecule has 0 radical (unpaired) electrons. The average molecular weight is 453 g/mol. The quantitative estimate of drug-likeness (QED) is 0.350. The number of aliphatic hydroxyl groups excluding tert-OH is 1. The van der Waals surface area contributed by atoms with E-state index in [0.717, 1.165) is 5.56 Å². The molecule has 32 heavy (non-hydrogen) atoms. The third kappa shape index (κ3) is 6.32. The molecule has 2 aromatic rings. The predicted octanol–water partition coefficient (Wildman–Crippen LogP) is 5.87. The highest BCUT2D eigenvalue weighted by molar-refractivity contribution is 6.74. The van der Waals surface area contributed by atoms with Gasteiger partial charge in [-0.3, -0.25) is 0 Å². The summed E-state index contributed by atoms with van der Waals surface area (Å²) < 4.78 is 12.5. The van der Waals surface area contributed by atoms with Crippen LogP contribution in [0.4, 0.5) is 0 Å². The van der Waals surface area contributed by atoms with Crippen molar-refractivity contribution in [3.8, 4) is 11.8 Å². The van der Waals surface area contributed by atoms with E-state index in [1.165, 1.54) is 0 Å². The number of carbonyl (C=O) groups is 1. The van der Waals surface area contributed by atoms with E-state index in [0.29, 0.717) is 5.56 Å². The number of ether oxygens (including phenoxy) is 1. The summed E-state index contributed by atoms with van der Waals surface area (Å²) in [6, 6.07) is 18.4. The molecule has 0 amide bonds. The van der Waals surface area contributed by atoms with Gasteiger partial charge >= 0.3 is 5.97 Å². The summed E-state index contributed by atoms with van der Waals surface area (Å²) in [4.78, 5) is 13.7. The summed E-state index contributed by atoms with van der Waals surface area (Å²) in [7, 11) is -2.58. The van der Waals surface area contributed by atoms with Crippen LogP contribution in [-0.4, -0.2) is 30.6 Å². The normalized spacial score (nSPS) is 15.2. The summed E-state index contributed by atoms with van der Waals surface area (Å²) in [5, 5.41) is 11.4. The average Bonchev–Trinajstić information content (AvgIpc) is 2.69. The van der Waals surface area contributed by atoms with Crippen LogP contribution in [0.15, 0.2) is 60.7 Å². The molecule has 0 saturated heterocycles. The Bertz CT molecular complexity index is 960. The Labute approximate surface area is 194 Å². The fourth-order valence-electron chi connectivity index (χ4n) is 2.82. The third-order valence-electron chi connectivity index (χ3n) is 5.59. The lowest BCUT2D eigenvalue weighted by atomic mass is 9.90. The Morgan fingerprint density at radius 2 is 1.41 bits per heavy atom. The van der Waals surface area contributed by atoms with Crippen LogP contribution >= 0.6 is 0 Å². The molecule has 0 aromatic heterocycles. The highest BCUT2D eigenvalue weighted by atomic mass is 28.4. The first-order valence-corrected chi connectivity index (χ1v) is 13.8. The van der Waals surface area contributed by atoms with Crippen LogP contribution in [0.25, 0.3) is 0 Å². The van der Waals surface area contributed by atoms with Crippen molar-refractivity contribution in [3.63, 3.8) is 0 Å². The van der Waals surface area contributed by atoms with E-state index in [1.54, 1.807) is 32.9 Å². The lowest BCUT2D eigenvalue weighted by molar-refractivity contribution is -0.178. The van der Waals surface area contributed by atoms with Crippen LogP contribution in [0, 0.1) is 11.8 Å². The minimum absolute atomic E-state index is 0.217. The molecule has 0 bridgehead atoms. The molecule has 2 atom stereocenters. The summed E-state index contributed by atoms with van der Waals surface area (Å²) in [5.41, 5.74) is -1.39. The standard InChI is InChI=1S/C27H36O4Si/c1-25(2,3)30-24(29)27(31-32(7,8)26(4,5)6,20-19-21-15-11-9-12-16-21)23(28)22-17-13-10-14-18-22/h9-18,23,28H,1-8H3/t23-,27-/m0/s1. The van der Waals surface area contributed by atoms with Gasteiger partial charge in [0.1, 0.15) is 11.7 Å². The molecular weight excluding hydrogens is 416 g/mol. The van der Waals surface area contributed by atoms with E-state index < -0.39 is 31.6 Å². The third-order valence-corrected chi connectivity index (χ3v) is 10.0. The minimum Gasteiger partial charge on any atom is -0.457 e. The van der Waals surface area contributed by atoms with Gasteiger partial charge in [0, 0.05) is 5.56 Å². The van der Waals surface area contributed by atoms with Gasteiger partial charge < -0.3 is 14.3 Å². The fourth-order valence-corrected chi connectivity index (χ4v) is 4.18. The van der Waals surface area contributed by atoms with Crippen molar-refractivity contribution in [2.75, 3.05) is 0 Å². The second-order valence-electron chi connectivity index (χ2n) is 10.5. The van der Waals surface area contributed by atoms with Gasteiger partial charge in [0.15, 0.2) is 8.32 Å². The van der Waals surface area contributed by atoms with Crippen LogP contribution in [0.5, 0.6) is 0 Å². The zero-order chi connectivity index (χ0) is 24.2. The number of hydrogen-bond donors (Lipinski definition) is 1. The summed E-state index contributed by atoms with van der Waals surface area (Å²) >= 11 is 0. The van der Waals surface area contributed by atoms with E-state index in [2.05, 4.69) is 32.6 Å². The van der Waals surface area contributed by atoms with Crippen LogP contribution in [0.3, 0.4) is 0 Å². The lowest BCUT2D eigenvalue weighted by Gasteiger charge is -2.44. The van der Waals surface area contributed by atoms with Crippen molar-refractivity contribution in [3.05, 3.63) is 71.8 Å². The maximum atomic E-state index is 13.7. The maximum Gasteiger partial charge on any atom is 0.353 e. The molecule has 0 aliphatic carbocycles. The molecule has 0 aliphatic rings. The zero-order valence-electron chi connectivity index (χ0n) is 20.5. The Morgan fingerprint density at radius 3 is 1.88 bits per heavy atom. The molecule has 172 valence electrons. The molecule has 0 aliphatic heterocycles. The second kappa shape index (κ2) is 9.62. The summed E-state index contributed by atoms with van der Waals surface area (Å²) in [5.74, 6) is 5.41. The first kappa shape index (κ1) is 25.9. The number of rotatable bonds is 5. The monoisotopic (exact) mass is 452 g/mol. The Kier molecular flexibility index (Phi) is 7.78. The van der Waals surface area contributed by atoms with Gasteiger partial charge in [0.25, 0.3) is 0 Å². The van der Waals surface area contributed by atoms with Gasteiger partial charge in [-0.1, -0.05) is 75.2 Å². The van der Waals surface area contributed by atoms with Gasteiger partial charge in [-0.2, -0.15) is 0 Å². The van der Waals surface area contributed by atoms with Gasteiger partial charge in [0.05, 0.1) is 0 Å². The molecule has 0 fully saturated rings. The first-order valence-electron chi connectivity index (χ1n) is 10.9. The molecule has 4 nitrogen and oxygen atoms in total. The lowest BCUT2D eigenvalue weighted by Crippen LogP contribution is -2.57. The van der Waals surface area contributed by atoms with Crippen molar-refractivity contribution in [2.24, 2.45) is 0 Å². The maximum absolute atomic E-state index is 13.7. The van der Waals surface area contributed by atoms with E-state index in [-0.39, 0.29) is 5.04 Å². The number of aliphatic hydroxyl groups is 1. The smallest absolute Gasteiger partial charge is 0.353 e. The highest BCUT2D eigenvalue weighted by Crippen LogP contribution is 2.43. The van der Waals surface area contributed by atoms with E-state index >= 15 is 0 Å². The van der Waals surface area contributed by atoms with Gasteiger partial charge in [-0.25, -0.2) is 4.79 Å². The van der Waals surface area contributed by atoms with Crippen molar-refractivity contribution < 1.29 is 19.1 Å². The first-order chi connectivity index (χ1) is 14.7. The largest absolute Gasteiger partial charge is 0.457 e. The van der Waals surface area contributed by atoms with Crippen molar-refractivity contribution in [2.45, 2.75) is 77.0 Å². The Balaban J connectivity index is 2.76. The van der Waals surface area contributed by atoms with E-state index in [1.807, 2.05) is 61.6 Å². The molecular formula is C27H36O4Si. The van der Waals surface area contributed by atoms with Crippen LogP contribution in [0.2, 0.25) is 18.1 Å². The van der Waals surface area contributed by atoms with Crippen LogP contribution in [0.1, 0.15) is 58.8 Å². The van der Waals surface area contributed by atoms with Crippen molar-refractivity contribution in [1.29, 1.82) is 0 Å². The molecule has 0 unspecified atom stereocenters. The number of carbonyl (C=O) groups excluding carboxylic acids is 1. The van der Waals surface area contributed by atoms with Crippen molar-refractivity contribution in [1.82, 2.24) is 0 Å². The fraction of sp³-hybridized carbons (Fsp3) is 0.444. The summed E-state index contributed by atoms with van der Waals surface area (Å²) in [6.07, 6.45) is -1.33. The van der Waals surface area contributed by atoms with Gasteiger partial charge in [-0.05, 0) is 62.5 Å². The molecule has 5 heteroatoms. The number of esters is 1. The Hall–Kier alpha value is -2.39. The molecule has 0 spiro atoms. The second-order valence-corrected chi connectivity index (χ2v) is 15.3. The van der Waals surface area contributed by atoms with Crippen molar-refractivity contribution >= 4 is 14.3 Å². The Morgan fingerprint density at radius 1 is 0.906 bits per heavy atom. The zero-order valence-corrected chi connectivity index (χ0v) is 21.5. The summed E-state index contributed by atoms with van der Waals surface area (Å²) in [6.45, 7) is 15.7. The highest BCUT2D eigenvalue weighted by Gasteiger charge is 2.54. The van der Waals surface area contributed by atoms with Gasteiger partial charge in [-0.15, -0.1) is 0 Å². The van der Waals surface area contributed by atoms with Crippen LogP contribution < -0.4 is 0 Å². The number of hydrogen-bond acceptors (Lipinski definition) is 4. The van der Waals surface area contributed by atoms with E-state index in [9.17, 15) is 9.90 Å². The van der Waals surface area contributed by atoms with E-state index in [4.69, 9.17) is 9.16 Å². The molecule has 0 saturated carbocycles. The number of benzene rings is 2. The van der Waals surface area contributed by atoms with Gasteiger partial charge in [0.2, 0.25) is 5.60 Å². The minimum atomic E-state index is -2.58. The van der Waals surface area contributed by atoms with Crippen LogP contribution in [-0.2, 0) is 14.0 Å². The molecule has 2 rings (SSSR count). The SMILES string of the molecule is CC(C)(C)OC(=O)[C@@](C#Cc1ccccc1)(O[Si](C)(C)C(C)(C)C)[C@@H](O)c1ccccc1. The molecule has 2 aromatic carbocycles. The predicted molar refractivity (Wildman–Crippen MR) is 132 cm³/mol. The molecule has 0 heterocycles. The topological polar surface area (TPSA) is 55.8 Å². The molecule has 1 N–H and O–H groups in total.